The van der Waals surface area contributed by atoms with Crippen LogP contribution in [0.15, 0.2) is 57.4 Å². The molecule has 0 N–H and O–H groups in total. The summed E-state index contributed by atoms with van der Waals surface area (Å²) in [6, 6.07) is 15.5. The molecule has 154 valence electrons. The number of para-hydroxylation sites is 2. The van der Waals surface area contributed by atoms with Gasteiger partial charge in [-0.05, 0) is 61.5 Å². The summed E-state index contributed by atoms with van der Waals surface area (Å²) in [5.74, 6) is 2.49. The third-order valence-corrected chi connectivity index (χ3v) is 5.82. The molecule has 0 bridgehead atoms. The molecule has 1 saturated heterocycles. The first kappa shape index (κ1) is 19.0. The predicted octanol–water partition coefficient (Wildman–Crippen LogP) is 4.86. The lowest BCUT2D eigenvalue weighted by molar-refractivity contribution is 0.152. The van der Waals surface area contributed by atoms with Crippen LogP contribution in [0.2, 0.25) is 0 Å². The lowest BCUT2D eigenvalue weighted by atomic mass is 9.97. The summed E-state index contributed by atoms with van der Waals surface area (Å²) < 4.78 is 18.6. The van der Waals surface area contributed by atoms with Crippen LogP contribution >= 0.6 is 12.2 Å². The van der Waals surface area contributed by atoms with Gasteiger partial charge in [-0.15, -0.1) is 5.10 Å². The van der Waals surface area contributed by atoms with Crippen molar-refractivity contribution in [3.63, 3.8) is 0 Å². The van der Waals surface area contributed by atoms with Crippen molar-refractivity contribution in [2.75, 3.05) is 20.2 Å². The summed E-state index contributed by atoms with van der Waals surface area (Å²) in [6.45, 7) is 2.46. The topological polar surface area (TPSA) is 69.5 Å². The average Bonchev–Trinajstić information content (AvgIpc) is 3.38. The molecule has 30 heavy (non-hydrogen) atoms. The van der Waals surface area contributed by atoms with Crippen LogP contribution < -0.4 is 4.74 Å². The second-order valence-electron chi connectivity index (χ2n) is 7.45. The van der Waals surface area contributed by atoms with E-state index in [4.69, 9.17) is 25.8 Å². The summed E-state index contributed by atoms with van der Waals surface area (Å²) >= 11 is 5.38. The zero-order valence-corrected chi connectivity index (χ0v) is 17.5. The average molecular weight is 423 g/mol. The fourth-order valence-corrected chi connectivity index (χ4v) is 4.00. The van der Waals surface area contributed by atoms with Gasteiger partial charge in [0.25, 0.3) is 4.84 Å². The lowest BCUT2D eigenvalue weighted by Crippen LogP contribution is -2.34. The van der Waals surface area contributed by atoms with E-state index in [1.807, 2.05) is 48.5 Å². The van der Waals surface area contributed by atoms with Crippen LogP contribution in [0.1, 0.15) is 24.7 Å². The van der Waals surface area contributed by atoms with Crippen molar-refractivity contribution < 1.29 is 13.6 Å². The zero-order chi connectivity index (χ0) is 20.5. The van der Waals surface area contributed by atoms with Gasteiger partial charge in [0, 0.05) is 24.6 Å². The highest BCUT2D eigenvalue weighted by Crippen LogP contribution is 2.30. The highest BCUT2D eigenvalue weighted by atomic mass is 32.1. The predicted molar refractivity (Wildman–Crippen MR) is 115 cm³/mol. The number of likely N-dealkylation sites (tertiary alicyclic amines) is 1. The molecule has 4 aromatic rings. The van der Waals surface area contributed by atoms with E-state index >= 15 is 0 Å². The Bertz CT molecular complexity index is 1170. The largest absolute Gasteiger partial charge is 0.497 e. The lowest BCUT2D eigenvalue weighted by Gasteiger charge is -2.29. The van der Waals surface area contributed by atoms with Gasteiger partial charge in [0.1, 0.15) is 11.3 Å². The first-order valence-corrected chi connectivity index (χ1v) is 10.4. The van der Waals surface area contributed by atoms with E-state index in [9.17, 15) is 0 Å². The Morgan fingerprint density at radius 1 is 1.07 bits per heavy atom. The van der Waals surface area contributed by atoms with Crippen molar-refractivity contribution in [1.29, 1.82) is 0 Å². The van der Waals surface area contributed by atoms with Crippen LogP contribution in [0, 0.1) is 4.84 Å². The third-order valence-electron chi connectivity index (χ3n) is 5.52. The van der Waals surface area contributed by atoms with Crippen LogP contribution in [-0.2, 0) is 6.67 Å². The molecule has 1 aliphatic heterocycles. The smallest absolute Gasteiger partial charge is 0.288 e. The number of hydrogen-bond acceptors (Lipinski definition) is 7. The Morgan fingerprint density at radius 2 is 1.83 bits per heavy atom. The van der Waals surface area contributed by atoms with Crippen LogP contribution in [0.3, 0.4) is 0 Å². The number of aromatic nitrogens is 3. The molecule has 0 radical (unpaired) electrons. The van der Waals surface area contributed by atoms with Crippen molar-refractivity contribution >= 4 is 23.3 Å². The fraction of sp³-hybridized carbons (Fsp3) is 0.318. The van der Waals surface area contributed by atoms with E-state index in [-0.39, 0.29) is 0 Å². The monoisotopic (exact) mass is 422 g/mol. The highest BCUT2D eigenvalue weighted by molar-refractivity contribution is 7.71. The molecule has 7 nitrogen and oxygen atoms in total. The first-order chi connectivity index (χ1) is 14.7. The molecule has 2 aromatic carbocycles. The van der Waals surface area contributed by atoms with Gasteiger partial charge in [-0.25, -0.2) is 9.67 Å². The molecule has 0 spiro atoms. The molecule has 5 rings (SSSR count). The molecule has 0 amide bonds. The fourth-order valence-electron chi connectivity index (χ4n) is 3.82. The highest BCUT2D eigenvalue weighted by Gasteiger charge is 2.25. The summed E-state index contributed by atoms with van der Waals surface area (Å²) in [5.41, 5.74) is 2.65. The number of benzene rings is 2. The molecule has 1 fully saturated rings. The number of fused-ring (bicyclic) bond motifs is 1. The van der Waals surface area contributed by atoms with Crippen LogP contribution in [0.4, 0.5) is 0 Å². The molecule has 2 aromatic heterocycles. The summed E-state index contributed by atoms with van der Waals surface area (Å²) in [4.78, 5) is 7.37. The van der Waals surface area contributed by atoms with E-state index in [1.165, 1.54) is 0 Å². The minimum absolute atomic E-state index is 0.341. The molecule has 0 aliphatic carbocycles. The van der Waals surface area contributed by atoms with E-state index in [2.05, 4.69) is 15.0 Å². The first-order valence-electron chi connectivity index (χ1n) is 10.00. The van der Waals surface area contributed by atoms with Gasteiger partial charge in [0.15, 0.2) is 11.5 Å². The number of ether oxygens (including phenoxy) is 1. The van der Waals surface area contributed by atoms with E-state index in [1.54, 1.807) is 11.8 Å². The summed E-state index contributed by atoms with van der Waals surface area (Å²) in [5, 5.41) is 4.57. The number of nitrogens with zero attached hydrogens (tertiary/aromatic N) is 4. The number of hydrogen-bond donors (Lipinski definition) is 0. The Labute approximate surface area is 178 Å². The van der Waals surface area contributed by atoms with Crippen molar-refractivity contribution in [1.82, 2.24) is 19.7 Å². The third kappa shape index (κ3) is 3.76. The molecule has 3 heterocycles. The Balaban J connectivity index is 1.24. The van der Waals surface area contributed by atoms with E-state index in [0.29, 0.717) is 23.3 Å². The maximum absolute atomic E-state index is 5.96. The molecular formula is C22H22N4O3S. The minimum atomic E-state index is 0.341. The Kier molecular flexibility index (Phi) is 5.10. The second kappa shape index (κ2) is 8.04. The number of piperidine rings is 1. The molecule has 8 heteroatoms. The van der Waals surface area contributed by atoms with Crippen molar-refractivity contribution in [3.05, 3.63) is 59.3 Å². The van der Waals surface area contributed by atoms with Crippen LogP contribution in [0.5, 0.6) is 5.75 Å². The molecule has 0 saturated carbocycles. The van der Waals surface area contributed by atoms with Gasteiger partial charge in [-0.2, -0.15) is 0 Å². The van der Waals surface area contributed by atoms with Gasteiger partial charge < -0.3 is 13.6 Å². The van der Waals surface area contributed by atoms with Gasteiger partial charge in [-0.3, -0.25) is 4.90 Å². The van der Waals surface area contributed by atoms with Crippen LogP contribution in [0.25, 0.3) is 22.6 Å². The standard InChI is InChI=1S/C22H22N4O3S/c1-27-17-8-6-15(7-9-17)21-24-26(22(30)29-21)14-25-12-10-16(11-13-25)20-23-18-4-2-3-5-19(18)28-20/h2-9,16H,10-14H2,1H3. The zero-order valence-electron chi connectivity index (χ0n) is 16.7. The van der Waals surface area contributed by atoms with E-state index in [0.717, 1.165) is 54.2 Å². The SMILES string of the molecule is COc1ccc(-c2nn(CN3CCC(c4nc5ccccc5o4)CC3)c(=S)o2)cc1. The van der Waals surface area contributed by atoms with Crippen molar-refractivity contribution in [2.45, 2.75) is 25.4 Å². The maximum Gasteiger partial charge on any atom is 0.288 e. The summed E-state index contributed by atoms with van der Waals surface area (Å²) in [6.07, 6.45) is 1.98. The summed E-state index contributed by atoms with van der Waals surface area (Å²) in [7, 11) is 1.64. The maximum atomic E-state index is 5.96. The quantitative estimate of drug-likeness (QED) is 0.425. The second-order valence-corrected chi connectivity index (χ2v) is 7.80. The molecular weight excluding hydrogens is 400 g/mol. The molecule has 1 aliphatic rings. The van der Waals surface area contributed by atoms with E-state index < -0.39 is 0 Å². The number of methoxy groups -OCH3 is 1. The van der Waals surface area contributed by atoms with Gasteiger partial charge in [0.05, 0.1) is 13.8 Å². The van der Waals surface area contributed by atoms with Gasteiger partial charge >= 0.3 is 0 Å². The van der Waals surface area contributed by atoms with Crippen molar-refractivity contribution in [2.24, 2.45) is 0 Å². The molecule has 0 unspecified atom stereocenters. The number of oxazole rings is 1. The molecule has 0 atom stereocenters. The van der Waals surface area contributed by atoms with Crippen molar-refractivity contribution in [3.8, 4) is 17.2 Å². The van der Waals surface area contributed by atoms with Crippen LogP contribution in [-0.4, -0.2) is 39.9 Å². The van der Waals surface area contributed by atoms with Gasteiger partial charge in [0.2, 0.25) is 5.89 Å². The minimum Gasteiger partial charge on any atom is -0.497 e. The number of rotatable bonds is 5. The Morgan fingerprint density at radius 3 is 2.57 bits per heavy atom. The normalized spacial score (nSPS) is 15.6. The van der Waals surface area contributed by atoms with Gasteiger partial charge in [-0.1, -0.05) is 12.1 Å². The Hall–Kier alpha value is -2.97.